The molecular weight excluding hydrogens is 336 g/mol. The summed E-state index contributed by atoms with van der Waals surface area (Å²) in [7, 11) is 0. The van der Waals surface area contributed by atoms with E-state index in [1.54, 1.807) is 6.20 Å². The maximum absolute atomic E-state index is 12.8. The zero-order valence-corrected chi connectivity index (χ0v) is 16.2. The summed E-state index contributed by atoms with van der Waals surface area (Å²) in [4.78, 5) is 17.0. The first-order chi connectivity index (χ1) is 13.0. The van der Waals surface area contributed by atoms with E-state index in [-0.39, 0.29) is 17.4 Å². The molecule has 2 aromatic rings. The van der Waals surface area contributed by atoms with Gasteiger partial charge in [-0.1, -0.05) is 13.0 Å². The number of carbonyl (C=O) groups excluding carboxylic acids is 1. The van der Waals surface area contributed by atoms with Crippen molar-refractivity contribution < 1.29 is 9.90 Å². The monoisotopic (exact) mass is 364 g/mol. The largest absolute Gasteiger partial charge is 0.393 e. The van der Waals surface area contributed by atoms with Crippen LogP contribution in [0.15, 0.2) is 36.5 Å². The lowest BCUT2D eigenvalue weighted by Gasteiger charge is -2.43. The molecule has 0 spiro atoms. The van der Waals surface area contributed by atoms with Crippen LogP contribution in [0.1, 0.15) is 66.2 Å². The van der Waals surface area contributed by atoms with E-state index >= 15 is 0 Å². The van der Waals surface area contributed by atoms with Gasteiger partial charge >= 0.3 is 0 Å². The van der Waals surface area contributed by atoms with E-state index in [1.165, 1.54) is 11.1 Å². The minimum Gasteiger partial charge on any atom is -0.393 e. The average molecular weight is 364 g/mol. The summed E-state index contributed by atoms with van der Waals surface area (Å²) >= 11 is 0. The zero-order chi connectivity index (χ0) is 19.0. The number of aliphatic hydroxyl groups is 1. The molecule has 0 bridgehead atoms. The fourth-order valence-corrected chi connectivity index (χ4v) is 5.02. The minimum atomic E-state index is -0.155. The molecule has 27 heavy (non-hydrogen) atoms. The SMILES string of the molecule is Cc1ncccc1NC(=O)c1ccc2c(c1)CCCC1CC(O)CCC21C. The Morgan fingerprint density at radius 1 is 1.30 bits per heavy atom. The van der Waals surface area contributed by atoms with Crippen molar-refractivity contribution in [2.45, 2.75) is 63.9 Å². The van der Waals surface area contributed by atoms with Gasteiger partial charge in [0, 0.05) is 11.8 Å². The van der Waals surface area contributed by atoms with Crippen molar-refractivity contribution in [3.05, 3.63) is 58.9 Å². The Hall–Kier alpha value is -2.20. The fourth-order valence-electron chi connectivity index (χ4n) is 5.02. The topological polar surface area (TPSA) is 62.2 Å². The van der Waals surface area contributed by atoms with Crippen LogP contribution in [-0.2, 0) is 11.8 Å². The third-order valence-corrected chi connectivity index (χ3v) is 6.69. The van der Waals surface area contributed by atoms with Crippen LogP contribution in [0.5, 0.6) is 0 Å². The summed E-state index contributed by atoms with van der Waals surface area (Å²) in [5.74, 6) is 0.444. The molecule has 3 atom stereocenters. The second-order valence-corrected chi connectivity index (χ2v) is 8.40. The van der Waals surface area contributed by atoms with Gasteiger partial charge in [0.25, 0.3) is 5.91 Å². The van der Waals surface area contributed by atoms with Crippen LogP contribution < -0.4 is 5.32 Å². The number of rotatable bonds is 2. The van der Waals surface area contributed by atoms with Gasteiger partial charge in [0.1, 0.15) is 0 Å². The predicted molar refractivity (Wildman–Crippen MR) is 107 cm³/mol. The molecule has 2 aliphatic rings. The number of benzene rings is 1. The van der Waals surface area contributed by atoms with Gasteiger partial charge < -0.3 is 10.4 Å². The van der Waals surface area contributed by atoms with E-state index in [0.29, 0.717) is 11.5 Å². The first-order valence-electron chi connectivity index (χ1n) is 10.0. The normalized spacial score (nSPS) is 27.2. The third kappa shape index (κ3) is 3.39. The van der Waals surface area contributed by atoms with Crippen molar-refractivity contribution in [2.24, 2.45) is 5.92 Å². The Kier molecular flexibility index (Phi) is 4.77. The van der Waals surface area contributed by atoms with Crippen LogP contribution in [-0.4, -0.2) is 22.1 Å². The molecule has 3 unspecified atom stereocenters. The van der Waals surface area contributed by atoms with E-state index in [4.69, 9.17) is 0 Å². The Bertz CT molecular complexity index is 863. The molecule has 1 fully saturated rings. The van der Waals surface area contributed by atoms with Crippen molar-refractivity contribution in [3.63, 3.8) is 0 Å². The van der Waals surface area contributed by atoms with Crippen molar-refractivity contribution in [2.75, 3.05) is 5.32 Å². The van der Waals surface area contributed by atoms with Crippen LogP contribution in [0.3, 0.4) is 0 Å². The molecule has 0 aliphatic heterocycles. The van der Waals surface area contributed by atoms with E-state index in [0.717, 1.165) is 49.9 Å². The highest BCUT2D eigenvalue weighted by molar-refractivity contribution is 6.04. The Labute approximate surface area is 161 Å². The highest BCUT2D eigenvalue weighted by atomic mass is 16.3. The number of aromatic nitrogens is 1. The summed E-state index contributed by atoms with van der Waals surface area (Å²) in [6, 6.07) is 9.91. The molecule has 2 aliphatic carbocycles. The second-order valence-electron chi connectivity index (χ2n) is 8.40. The van der Waals surface area contributed by atoms with Gasteiger partial charge in [-0.15, -0.1) is 0 Å². The van der Waals surface area contributed by atoms with Gasteiger partial charge in [0.2, 0.25) is 0 Å². The lowest BCUT2D eigenvalue weighted by Crippen LogP contribution is -2.39. The number of carbonyl (C=O) groups is 1. The quantitative estimate of drug-likeness (QED) is 0.830. The van der Waals surface area contributed by atoms with Gasteiger partial charge in [0.05, 0.1) is 17.5 Å². The number of amides is 1. The van der Waals surface area contributed by atoms with E-state index < -0.39 is 0 Å². The number of anilines is 1. The zero-order valence-electron chi connectivity index (χ0n) is 16.2. The first kappa shape index (κ1) is 18.2. The fraction of sp³-hybridized carbons (Fsp3) is 0.478. The highest BCUT2D eigenvalue weighted by Gasteiger charge is 2.42. The van der Waals surface area contributed by atoms with Gasteiger partial charge in [0.15, 0.2) is 0 Å². The average Bonchev–Trinajstić information content (AvgIpc) is 2.80. The predicted octanol–water partition coefficient (Wildman–Crippen LogP) is 4.40. The number of pyridine rings is 1. The number of hydrogen-bond acceptors (Lipinski definition) is 3. The second kappa shape index (κ2) is 7.08. The molecule has 1 saturated carbocycles. The Morgan fingerprint density at radius 2 is 2.15 bits per heavy atom. The Balaban J connectivity index is 1.63. The molecule has 1 aromatic heterocycles. The van der Waals surface area contributed by atoms with Gasteiger partial charge in [-0.25, -0.2) is 0 Å². The van der Waals surface area contributed by atoms with Crippen LogP contribution >= 0.6 is 0 Å². The first-order valence-corrected chi connectivity index (χ1v) is 10.0. The molecule has 0 saturated heterocycles. The molecular formula is C23H28N2O2. The summed E-state index contributed by atoms with van der Waals surface area (Å²) in [5, 5.41) is 13.1. The van der Waals surface area contributed by atoms with E-state index in [2.05, 4.69) is 29.4 Å². The van der Waals surface area contributed by atoms with Crippen molar-refractivity contribution >= 4 is 11.6 Å². The van der Waals surface area contributed by atoms with Crippen LogP contribution in [0.4, 0.5) is 5.69 Å². The summed E-state index contributed by atoms with van der Waals surface area (Å²) in [6.45, 7) is 4.25. The molecule has 142 valence electrons. The van der Waals surface area contributed by atoms with Crippen LogP contribution in [0.2, 0.25) is 0 Å². The molecule has 2 N–H and O–H groups in total. The number of hydrogen-bond donors (Lipinski definition) is 2. The molecule has 4 rings (SSSR count). The lowest BCUT2D eigenvalue weighted by molar-refractivity contribution is 0.0542. The van der Waals surface area contributed by atoms with Crippen molar-refractivity contribution in [1.82, 2.24) is 4.98 Å². The highest BCUT2D eigenvalue weighted by Crippen LogP contribution is 2.49. The molecule has 4 nitrogen and oxygen atoms in total. The summed E-state index contributed by atoms with van der Waals surface area (Å²) in [6.07, 6.45) is 7.64. The maximum Gasteiger partial charge on any atom is 0.255 e. The van der Waals surface area contributed by atoms with E-state index in [1.807, 2.05) is 25.1 Å². The summed E-state index contributed by atoms with van der Waals surface area (Å²) < 4.78 is 0. The van der Waals surface area contributed by atoms with Crippen LogP contribution in [0, 0.1) is 12.8 Å². The summed E-state index contributed by atoms with van der Waals surface area (Å²) in [5.41, 5.74) is 5.07. The van der Waals surface area contributed by atoms with Crippen molar-refractivity contribution in [3.8, 4) is 0 Å². The smallest absolute Gasteiger partial charge is 0.255 e. The molecule has 1 heterocycles. The standard InChI is InChI=1S/C23H28N2O2/c1-15-21(7-4-12-24-15)25-22(27)17-8-9-20-16(13-17)5-3-6-18-14-19(26)10-11-23(18,20)2/h4,7-9,12-13,18-19,26H,3,5-6,10-11,14H2,1-2H3,(H,25,27). The van der Waals surface area contributed by atoms with E-state index in [9.17, 15) is 9.90 Å². The third-order valence-electron chi connectivity index (χ3n) is 6.69. The number of aliphatic hydroxyl groups excluding tert-OH is 1. The molecule has 1 amide bonds. The number of aryl methyl sites for hydroxylation is 2. The maximum atomic E-state index is 12.8. The number of nitrogens with one attached hydrogen (secondary N) is 1. The molecule has 1 aromatic carbocycles. The Morgan fingerprint density at radius 3 is 2.96 bits per heavy atom. The molecule has 4 heteroatoms. The van der Waals surface area contributed by atoms with Crippen LogP contribution in [0.25, 0.3) is 0 Å². The molecule has 0 radical (unpaired) electrons. The number of nitrogens with zero attached hydrogens (tertiary/aromatic N) is 1. The minimum absolute atomic E-state index is 0.0843. The number of fused-ring (bicyclic) bond motifs is 3. The van der Waals surface area contributed by atoms with Gasteiger partial charge in [-0.05, 0) is 92.2 Å². The van der Waals surface area contributed by atoms with Gasteiger partial charge in [-0.2, -0.15) is 0 Å². The van der Waals surface area contributed by atoms with Gasteiger partial charge in [-0.3, -0.25) is 9.78 Å². The lowest BCUT2D eigenvalue weighted by atomic mass is 9.62. The van der Waals surface area contributed by atoms with Crippen molar-refractivity contribution in [1.29, 1.82) is 0 Å².